The molecule has 1 heterocycles. The van der Waals surface area contributed by atoms with Gasteiger partial charge < -0.3 is 4.90 Å². The maximum Gasteiger partial charge on any atom is 0.270 e. The smallest absolute Gasteiger partial charge is 0.270 e. The van der Waals surface area contributed by atoms with E-state index in [9.17, 15) is 14.9 Å². The van der Waals surface area contributed by atoms with Crippen LogP contribution in [0.25, 0.3) is 0 Å². The van der Waals surface area contributed by atoms with Crippen LogP contribution in [0, 0.1) is 13.7 Å². The Morgan fingerprint density at radius 3 is 2.71 bits per heavy atom. The van der Waals surface area contributed by atoms with Gasteiger partial charge in [0.25, 0.3) is 11.6 Å². The van der Waals surface area contributed by atoms with E-state index in [0.717, 1.165) is 4.88 Å². The molecule has 0 aliphatic heterocycles. The summed E-state index contributed by atoms with van der Waals surface area (Å²) in [5.74, 6) is -0.219. The minimum atomic E-state index is -0.491. The van der Waals surface area contributed by atoms with Crippen LogP contribution in [-0.4, -0.2) is 22.8 Å². The molecule has 0 aliphatic carbocycles. The lowest BCUT2D eigenvalue weighted by Gasteiger charge is -2.24. The molecule has 1 atom stereocenters. The first-order chi connectivity index (χ1) is 9.91. The van der Waals surface area contributed by atoms with Crippen LogP contribution in [0.1, 0.15) is 28.2 Å². The molecule has 0 bridgehead atoms. The van der Waals surface area contributed by atoms with E-state index in [-0.39, 0.29) is 17.6 Å². The summed E-state index contributed by atoms with van der Waals surface area (Å²) in [7, 11) is 1.71. The molecule has 7 heteroatoms. The molecule has 0 N–H and O–H groups in total. The van der Waals surface area contributed by atoms with E-state index in [0.29, 0.717) is 9.13 Å². The largest absolute Gasteiger partial charge is 0.334 e. The molecule has 110 valence electrons. The number of nitrogens with zero attached hydrogens (tertiary/aromatic N) is 2. The lowest BCUT2D eigenvalue weighted by molar-refractivity contribution is -0.384. The molecule has 0 radical (unpaired) electrons. The summed E-state index contributed by atoms with van der Waals surface area (Å²) in [5, 5.41) is 12.8. The first kappa shape index (κ1) is 15.9. The molecule has 21 heavy (non-hydrogen) atoms. The van der Waals surface area contributed by atoms with Gasteiger partial charge in [0.2, 0.25) is 0 Å². The standard InChI is InChI=1S/C14H13IN2O3S/c1-9(13-4-3-7-21-13)16(2)14(18)11-8-10(17(19)20)5-6-12(11)15/h3-9H,1-2H3. The van der Waals surface area contributed by atoms with Gasteiger partial charge in [-0.15, -0.1) is 11.3 Å². The molecule has 0 saturated heterocycles. The molecule has 1 unspecified atom stereocenters. The predicted octanol–water partition coefficient (Wildman–Crippen LogP) is 4.09. The van der Waals surface area contributed by atoms with E-state index >= 15 is 0 Å². The number of hydrogen-bond acceptors (Lipinski definition) is 4. The average molecular weight is 416 g/mol. The van der Waals surface area contributed by atoms with Crippen molar-refractivity contribution in [1.82, 2.24) is 4.90 Å². The van der Waals surface area contributed by atoms with Crippen molar-refractivity contribution in [2.24, 2.45) is 0 Å². The van der Waals surface area contributed by atoms with Crippen LogP contribution < -0.4 is 0 Å². The van der Waals surface area contributed by atoms with Gasteiger partial charge in [0.1, 0.15) is 0 Å². The number of non-ortho nitro benzene ring substituents is 1. The maximum atomic E-state index is 12.6. The highest BCUT2D eigenvalue weighted by Gasteiger charge is 2.23. The minimum absolute atomic E-state index is 0.0732. The SMILES string of the molecule is CC(c1cccs1)N(C)C(=O)c1cc([N+](=O)[O-])ccc1I. The number of nitro groups is 1. The fourth-order valence-corrected chi connectivity index (χ4v) is 3.27. The van der Waals surface area contributed by atoms with Crippen molar-refractivity contribution < 1.29 is 9.72 Å². The molecule has 1 aromatic heterocycles. The quantitative estimate of drug-likeness (QED) is 0.429. The van der Waals surface area contributed by atoms with Crippen molar-refractivity contribution in [3.8, 4) is 0 Å². The maximum absolute atomic E-state index is 12.6. The van der Waals surface area contributed by atoms with Gasteiger partial charge in [-0.1, -0.05) is 6.07 Å². The number of carbonyl (C=O) groups excluding carboxylic acids is 1. The van der Waals surface area contributed by atoms with Crippen LogP contribution in [0.2, 0.25) is 0 Å². The Morgan fingerprint density at radius 2 is 2.14 bits per heavy atom. The molecule has 0 fully saturated rings. The second-order valence-corrected chi connectivity index (χ2v) is 6.67. The van der Waals surface area contributed by atoms with Crippen molar-refractivity contribution in [3.63, 3.8) is 0 Å². The van der Waals surface area contributed by atoms with Gasteiger partial charge in [-0.3, -0.25) is 14.9 Å². The van der Waals surface area contributed by atoms with Crippen LogP contribution in [0.4, 0.5) is 5.69 Å². The summed E-state index contributed by atoms with van der Waals surface area (Å²) in [5.41, 5.74) is 0.284. The number of amides is 1. The fourth-order valence-electron chi connectivity index (χ4n) is 1.88. The van der Waals surface area contributed by atoms with Gasteiger partial charge in [-0.25, -0.2) is 0 Å². The number of thiophene rings is 1. The Kier molecular flexibility index (Phi) is 4.94. The topological polar surface area (TPSA) is 63.5 Å². The Hall–Kier alpha value is -1.48. The molecule has 2 aromatic rings. The van der Waals surface area contributed by atoms with Crippen LogP contribution in [0.3, 0.4) is 0 Å². The van der Waals surface area contributed by atoms with Crippen LogP contribution in [0.15, 0.2) is 35.7 Å². The van der Waals surface area contributed by atoms with Crippen molar-refractivity contribution in [2.45, 2.75) is 13.0 Å². The van der Waals surface area contributed by atoms with E-state index in [2.05, 4.69) is 0 Å². The van der Waals surface area contributed by atoms with Crippen molar-refractivity contribution in [1.29, 1.82) is 0 Å². The summed E-state index contributed by atoms with van der Waals surface area (Å²) in [6.07, 6.45) is 0. The number of hydrogen-bond donors (Lipinski definition) is 0. The Labute approximate surface area is 139 Å². The Bertz CT molecular complexity index is 673. The van der Waals surface area contributed by atoms with Crippen molar-refractivity contribution in [3.05, 3.63) is 59.8 Å². The van der Waals surface area contributed by atoms with Gasteiger partial charge in [-0.05, 0) is 47.0 Å². The van der Waals surface area contributed by atoms with Crippen molar-refractivity contribution >= 4 is 45.5 Å². The second-order valence-electron chi connectivity index (χ2n) is 4.53. The molecular formula is C14H13IN2O3S. The molecule has 1 amide bonds. The van der Waals surface area contributed by atoms with Gasteiger partial charge in [0.15, 0.2) is 0 Å². The Balaban J connectivity index is 2.31. The Morgan fingerprint density at radius 1 is 1.43 bits per heavy atom. The highest BCUT2D eigenvalue weighted by molar-refractivity contribution is 14.1. The van der Waals surface area contributed by atoms with E-state index in [1.807, 2.05) is 47.0 Å². The van der Waals surface area contributed by atoms with Gasteiger partial charge in [0.05, 0.1) is 16.5 Å². The van der Waals surface area contributed by atoms with Crippen LogP contribution in [-0.2, 0) is 0 Å². The molecule has 1 aromatic carbocycles. The predicted molar refractivity (Wildman–Crippen MR) is 90.6 cm³/mol. The first-order valence-corrected chi connectivity index (χ1v) is 8.12. The van der Waals surface area contributed by atoms with Gasteiger partial charge >= 0.3 is 0 Å². The number of carbonyl (C=O) groups is 1. The zero-order chi connectivity index (χ0) is 15.6. The van der Waals surface area contributed by atoms with Crippen molar-refractivity contribution in [2.75, 3.05) is 7.05 Å². The number of nitro benzene ring substituents is 1. The van der Waals surface area contributed by atoms with E-state index < -0.39 is 4.92 Å². The molecular weight excluding hydrogens is 403 g/mol. The van der Waals surface area contributed by atoms with E-state index in [4.69, 9.17) is 0 Å². The molecule has 2 rings (SSSR count). The summed E-state index contributed by atoms with van der Waals surface area (Å²) in [4.78, 5) is 25.6. The normalized spacial score (nSPS) is 12.0. The summed E-state index contributed by atoms with van der Waals surface area (Å²) < 4.78 is 0.702. The minimum Gasteiger partial charge on any atom is -0.334 e. The summed E-state index contributed by atoms with van der Waals surface area (Å²) >= 11 is 3.60. The third kappa shape index (κ3) is 3.41. The molecule has 5 nitrogen and oxygen atoms in total. The third-order valence-corrected chi connectivity index (χ3v) is 5.23. The first-order valence-electron chi connectivity index (χ1n) is 6.16. The number of rotatable bonds is 4. The summed E-state index contributed by atoms with van der Waals surface area (Å²) in [6.45, 7) is 1.94. The average Bonchev–Trinajstić information content (AvgIpc) is 2.99. The summed E-state index contributed by atoms with van der Waals surface area (Å²) in [6, 6.07) is 8.16. The van der Waals surface area contributed by atoms with Gasteiger partial charge in [0, 0.05) is 27.6 Å². The number of benzene rings is 1. The molecule has 0 saturated carbocycles. The van der Waals surface area contributed by atoms with Crippen LogP contribution >= 0.6 is 33.9 Å². The second kappa shape index (κ2) is 6.52. The lowest BCUT2D eigenvalue weighted by atomic mass is 10.1. The molecule has 0 spiro atoms. The zero-order valence-corrected chi connectivity index (χ0v) is 14.4. The van der Waals surface area contributed by atoms with E-state index in [1.54, 1.807) is 29.4 Å². The molecule has 0 aliphatic rings. The van der Waals surface area contributed by atoms with Crippen LogP contribution in [0.5, 0.6) is 0 Å². The fraction of sp³-hybridized carbons (Fsp3) is 0.214. The zero-order valence-electron chi connectivity index (χ0n) is 11.4. The van der Waals surface area contributed by atoms with E-state index in [1.165, 1.54) is 12.1 Å². The third-order valence-electron chi connectivity index (χ3n) is 3.25. The highest BCUT2D eigenvalue weighted by Crippen LogP contribution is 2.27. The van der Waals surface area contributed by atoms with Gasteiger partial charge in [-0.2, -0.15) is 0 Å². The monoisotopic (exact) mass is 416 g/mol. The lowest BCUT2D eigenvalue weighted by Crippen LogP contribution is -2.29. The highest BCUT2D eigenvalue weighted by atomic mass is 127. The number of halogens is 1.